The van der Waals surface area contributed by atoms with Crippen LogP contribution in [0.2, 0.25) is 0 Å². The third kappa shape index (κ3) is 18.0. The summed E-state index contributed by atoms with van der Waals surface area (Å²) in [5.74, 6) is -3.53. The van der Waals surface area contributed by atoms with Crippen LogP contribution in [0.1, 0.15) is 0 Å². The average Bonchev–Trinajstić information content (AvgIpc) is 2.95. The molecule has 0 aromatic carbocycles. The van der Waals surface area contributed by atoms with E-state index in [0.717, 1.165) is 0 Å². The number of carbonyl (C=O) groups excluding carboxylic acids is 1. The highest BCUT2D eigenvalue weighted by Gasteiger charge is 2.59. The zero-order valence-corrected chi connectivity index (χ0v) is 28.2. The summed E-state index contributed by atoms with van der Waals surface area (Å²) >= 11 is 0. The van der Waals surface area contributed by atoms with E-state index in [1.165, 1.54) is 0 Å². The Bertz CT molecular complexity index is 1070. The highest BCUT2D eigenvalue weighted by molar-refractivity contribution is 7.72. The summed E-state index contributed by atoms with van der Waals surface area (Å²) in [4.78, 5) is 89.6. The van der Waals surface area contributed by atoms with Gasteiger partial charge in [0.1, 0.15) is 0 Å². The SMILES string of the molecule is O=C(O)CN1CCN(CC(=O)O)CCN(CC(=O)NCCOCCOCCOCC(O)(P(=O)(O)O)P(=O)(O)O)CCN(CC(=O)O)CC1. The monoisotopic (exact) mass is 739 g/mol. The minimum atomic E-state index is -5.62. The van der Waals surface area contributed by atoms with Crippen LogP contribution in [0, 0.1) is 0 Å². The Morgan fingerprint density at radius 3 is 1.21 bits per heavy atom. The molecule has 1 amide bonds. The van der Waals surface area contributed by atoms with Crippen LogP contribution in [0.25, 0.3) is 0 Å². The Morgan fingerprint density at radius 1 is 0.562 bits per heavy atom. The Labute approximate surface area is 276 Å². The molecule has 22 nitrogen and oxygen atoms in total. The maximum atomic E-state index is 12.6. The first-order valence-corrected chi connectivity index (χ1v) is 17.9. The Balaban J connectivity index is 2.49. The number of aliphatic hydroxyl groups is 1. The van der Waals surface area contributed by atoms with Crippen LogP contribution in [0.15, 0.2) is 0 Å². The van der Waals surface area contributed by atoms with Gasteiger partial charge in [0.05, 0.1) is 65.8 Å². The average molecular weight is 740 g/mol. The smallest absolute Gasteiger partial charge is 0.371 e. The lowest BCUT2D eigenvalue weighted by atomic mass is 10.3. The molecule has 0 atom stereocenters. The van der Waals surface area contributed by atoms with Gasteiger partial charge in [0.25, 0.3) is 5.08 Å². The lowest BCUT2D eigenvalue weighted by Gasteiger charge is -2.32. The number of carboxylic acid groups (broad SMARTS) is 3. The molecular formula is C24H47N5O17P2. The van der Waals surface area contributed by atoms with Gasteiger partial charge in [0.15, 0.2) is 0 Å². The predicted molar refractivity (Wildman–Crippen MR) is 163 cm³/mol. The summed E-state index contributed by atoms with van der Waals surface area (Å²) in [6.07, 6.45) is 0. The Hall–Kier alpha value is -2.14. The maximum Gasteiger partial charge on any atom is 0.371 e. The van der Waals surface area contributed by atoms with Gasteiger partial charge < -0.3 is 59.5 Å². The minimum Gasteiger partial charge on any atom is -0.480 e. The van der Waals surface area contributed by atoms with E-state index in [4.69, 9.17) is 33.8 Å². The first-order chi connectivity index (χ1) is 22.3. The molecule has 1 rings (SSSR count). The lowest BCUT2D eigenvalue weighted by molar-refractivity contribution is -0.140. The van der Waals surface area contributed by atoms with Crippen LogP contribution >= 0.6 is 15.2 Å². The molecule has 0 aromatic rings. The van der Waals surface area contributed by atoms with Crippen molar-refractivity contribution in [3.05, 3.63) is 0 Å². The zero-order chi connectivity index (χ0) is 36.4. The number of amides is 1. The fourth-order valence-corrected chi connectivity index (χ4v) is 6.17. The third-order valence-electron chi connectivity index (χ3n) is 6.91. The quantitative estimate of drug-likeness (QED) is 0.0397. The molecule has 48 heavy (non-hydrogen) atoms. The fraction of sp³-hybridized carbons (Fsp3) is 0.833. The molecule has 0 aromatic heterocycles. The van der Waals surface area contributed by atoms with Crippen molar-refractivity contribution in [1.29, 1.82) is 0 Å². The molecule has 9 N–H and O–H groups in total. The van der Waals surface area contributed by atoms with E-state index in [1.54, 1.807) is 19.6 Å². The number of ether oxygens (including phenoxy) is 3. The van der Waals surface area contributed by atoms with Gasteiger partial charge in [-0.25, -0.2) is 0 Å². The second-order valence-electron chi connectivity index (χ2n) is 10.8. The Kier molecular flexibility index (Phi) is 20.0. The summed E-state index contributed by atoms with van der Waals surface area (Å²) in [6, 6.07) is 0. The maximum absolute atomic E-state index is 12.6. The van der Waals surface area contributed by atoms with Crippen molar-refractivity contribution < 1.29 is 82.5 Å². The number of nitrogens with zero attached hydrogens (tertiary/aromatic N) is 4. The number of carboxylic acids is 3. The second-order valence-corrected chi connectivity index (χ2v) is 14.8. The summed E-state index contributed by atoms with van der Waals surface area (Å²) in [6.45, 7) is -0.241. The normalized spacial score (nSPS) is 17.4. The molecule has 0 unspecified atom stereocenters. The van der Waals surface area contributed by atoms with E-state index in [0.29, 0.717) is 0 Å². The standard InChI is InChI=1S/C24H47N5O17P2/c30-20(25-1-10-44-11-12-45-13-14-46-19-24(37,47(38,39)40)48(41,42)43)15-26-2-4-27(16-21(31)32)6-8-29(18-23(35)36)9-7-28(5-3-26)17-22(33)34/h37H,1-19H2,(H,25,30)(H,31,32)(H,33,34)(H,35,36)(H2,38,39,40)(H2,41,42,43). The topological polar surface area (TPSA) is 317 Å². The lowest BCUT2D eigenvalue weighted by Crippen LogP contribution is -2.50. The number of aliphatic carboxylic acids is 3. The molecule has 1 heterocycles. The fourth-order valence-electron chi connectivity index (χ4n) is 4.29. The van der Waals surface area contributed by atoms with Crippen molar-refractivity contribution in [3.63, 3.8) is 0 Å². The van der Waals surface area contributed by atoms with Gasteiger partial charge in [-0.2, -0.15) is 0 Å². The number of hydrogen-bond acceptors (Lipinski definition) is 14. The van der Waals surface area contributed by atoms with Crippen LogP contribution < -0.4 is 5.32 Å². The van der Waals surface area contributed by atoms with Crippen molar-refractivity contribution in [2.45, 2.75) is 5.08 Å². The van der Waals surface area contributed by atoms with Crippen molar-refractivity contribution in [2.24, 2.45) is 0 Å². The largest absolute Gasteiger partial charge is 0.480 e. The summed E-state index contributed by atoms with van der Waals surface area (Å²) < 4.78 is 37.8. The van der Waals surface area contributed by atoms with Crippen LogP contribution in [0.3, 0.4) is 0 Å². The molecule has 0 saturated carbocycles. The van der Waals surface area contributed by atoms with Crippen LogP contribution in [-0.4, -0.2) is 213 Å². The van der Waals surface area contributed by atoms with E-state index in [2.05, 4.69) is 5.32 Å². The van der Waals surface area contributed by atoms with Crippen molar-refractivity contribution in [3.8, 4) is 0 Å². The van der Waals surface area contributed by atoms with E-state index in [1.807, 2.05) is 0 Å². The molecule has 0 bridgehead atoms. The molecular weight excluding hydrogens is 692 g/mol. The number of hydrogen-bond donors (Lipinski definition) is 9. The van der Waals surface area contributed by atoms with Crippen molar-refractivity contribution in [2.75, 3.05) is 125 Å². The van der Waals surface area contributed by atoms with E-state index < -0.39 is 44.8 Å². The minimum absolute atomic E-state index is 0.0418. The van der Waals surface area contributed by atoms with Gasteiger partial charge >= 0.3 is 33.1 Å². The van der Waals surface area contributed by atoms with Crippen LogP contribution in [0.4, 0.5) is 0 Å². The molecule has 0 radical (unpaired) electrons. The predicted octanol–water partition coefficient (Wildman–Crippen LogP) is -4.37. The van der Waals surface area contributed by atoms with Crippen molar-refractivity contribution in [1.82, 2.24) is 24.9 Å². The zero-order valence-electron chi connectivity index (χ0n) is 26.4. The molecule has 1 fully saturated rings. The highest BCUT2D eigenvalue weighted by atomic mass is 31.2. The second kappa shape index (κ2) is 21.8. The van der Waals surface area contributed by atoms with Gasteiger partial charge in [-0.15, -0.1) is 0 Å². The van der Waals surface area contributed by atoms with E-state index >= 15 is 0 Å². The molecule has 1 saturated heterocycles. The molecule has 24 heteroatoms. The number of nitrogens with one attached hydrogen (secondary N) is 1. The van der Waals surface area contributed by atoms with Gasteiger partial charge in [0.2, 0.25) is 5.91 Å². The summed E-state index contributed by atoms with van der Waals surface area (Å²) in [5.41, 5.74) is 0. The molecule has 0 spiro atoms. The first-order valence-electron chi connectivity index (χ1n) is 14.7. The number of carbonyl (C=O) groups is 4. The highest BCUT2D eigenvalue weighted by Crippen LogP contribution is 2.67. The van der Waals surface area contributed by atoms with Crippen LogP contribution in [0.5, 0.6) is 0 Å². The van der Waals surface area contributed by atoms with Gasteiger partial charge in [-0.1, -0.05) is 0 Å². The Morgan fingerprint density at radius 2 is 0.875 bits per heavy atom. The summed E-state index contributed by atoms with van der Waals surface area (Å²) in [7, 11) is -11.2. The van der Waals surface area contributed by atoms with E-state index in [-0.39, 0.29) is 124 Å². The first kappa shape index (κ1) is 43.9. The number of rotatable bonds is 21. The van der Waals surface area contributed by atoms with Crippen LogP contribution in [-0.2, 0) is 42.5 Å². The third-order valence-corrected chi connectivity index (χ3v) is 10.6. The van der Waals surface area contributed by atoms with Gasteiger partial charge in [-0.05, 0) is 0 Å². The molecule has 1 aliphatic rings. The summed E-state index contributed by atoms with van der Waals surface area (Å²) in [5, 5.41) is 36.6. The van der Waals surface area contributed by atoms with Gasteiger partial charge in [-0.3, -0.25) is 47.9 Å². The molecule has 0 aliphatic carbocycles. The molecule has 1 aliphatic heterocycles. The van der Waals surface area contributed by atoms with Gasteiger partial charge in [0, 0.05) is 58.9 Å². The molecule has 280 valence electrons. The van der Waals surface area contributed by atoms with E-state index in [9.17, 15) is 48.7 Å². The van der Waals surface area contributed by atoms with Crippen molar-refractivity contribution >= 4 is 39.0 Å².